The van der Waals surface area contributed by atoms with Gasteiger partial charge in [0.1, 0.15) is 5.56 Å². The fourth-order valence-electron chi connectivity index (χ4n) is 5.41. The molecule has 3 aliphatic heterocycles. The molecule has 3 saturated heterocycles. The molecule has 0 aromatic carbocycles. The summed E-state index contributed by atoms with van der Waals surface area (Å²) in [7, 11) is 3.04. The monoisotopic (exact) mass is 443 g/mol. The topological polar surface area (TPSA) is 103 Å². The van der Waals surface area contributed by atoms with Gasteiger partial charge in [0.05, 0.1) is 19.6 Å². The molecule has 0 aliphatic carbocycles. The number of aryl methyl sites for hydroxylation is 1. The highest BCUT2D eigenvalue weighted by Gasteiger charge is 2.58. The predicted molar refractivity (Wildman–Crippen MR) is 113 cm³/mol. The van der Waals surface area contributed by atoms with Gasteiger partial charge in [-0.05, 0) is 25.8 Å². The molecule has 10 heteroatoms. The highest BCUT2D eigenvalue weighted by atomic mass is 16.5. The lowest BCUT2D eigenvalue weighted by molar-refractivity contribution is 0.0369. The van der Waals surface area contributed by atoms with Crippen molar-refractivity contribution in [1.29, 1.82) is 0 Å². The van der Waals surface area contributed by atoms with Gasteiger partial charge >= 0.3 is 0 Å². The molecule has 32 heavy (non-hydrogen) atoms. The van der Waals surface area contributed by atoms with E-state index >= 15 is 0 Å². The largest absolute Gasteiger partial charge is 0.481 e. The lowest BCUT2D eigenvalue weighted by Crippen LogP contribution is -2.44. The van der Waals surface area contributed by atoms with E-state index in [0.29, 0.717) is 42.3 Å². The normalized spacial score (nSPS) is 26.3. The Morgan fingerprint density at radius 2 is 1.94 bits per heavy atom. The molecule has 2 aromatic heterocycles. The van der Waals surface area contributed by atoms with Crippen molar-refractivity contribution < 1.29 is 23.5 Å². The molecule has 0 unspecified atom stereocenters. The van der Waals surface area contributed by atoms with Crippen molar-refractivity contribution in [1.82, 2.24) is 24.9 Å². The Hall–Kier alpha value is -2.72. The van der Waals surface area contributed by atoms with Crippen molar-refractivity contribution in [2.75, 3.05) is 53.6 Å². The van der Waals surface area contributed by atoms with Gasteiger partial charge in [0.2, 0.25) is 17.7 Å². The van der Waals surface area contributed by atoms with E-state index in [1.54, 1.807) is 12.1 Å². The summed E-state index contributed by atoms with van der Waals surface area (Å²) in [5.74, 6) is 2.01. The summed E-state index contributed by atoms with van der Waals surface area (Å²) in [4.78, 5) is 26.8. The Labute approximate surface area is 186 Å². The quantitative estimate of drug-likeness (QED) is 0.676. The number of fused-ring (bicyclic) bond motifs is 1. The second-order valence-electron chi connectivity index (χ2n) is 8.87. The fraction of sp³-hybridized carbons (Fsp3) is 0.636. The maximum absolute atomic E-state index is 13.5. The SMILES string of the molecule is COc1ccc(C(=O)N2C[C@H]3CN(C4CCOCC4)C[C@@]3(c3nc(C)no3)C2)c(OC)n1. The van der Waals surface area contributed by atoms with Crippen LogP contribution in [-0.4, -0.2) is 90.5 Å². The van der Waals surface area contributed by atoms with Crippen LogP contribution in [0.5, 0.6) is 11.8 Å². The second kappa shape index (κ2) is 8.32. The van der Waals surface area contributed by atoms with Crippen molar-refractivity contribution in [3.8, 4) is 11.8 Å². The summed E-state index contributed by atoms with van der Waals surface area (Å²) in [6.45, 7) is 6.26. The minimum atomic E-state index is -0.373. The molecule has 0 bridgehead atoms. The second-order valence-corrected chi connectivity index (χ2v) is 8.87. The standard InChI is InChI=1S/C22H29N5O5/c1-14-23-21(32-25-14)22-12-26(16-6-8-31-9-7-16)10-15(22)11-27(13-22)20(28)17-4-5-18(29-2)24-19(17)30-3/h4-5,15-16H,6-13H2,1-3H3/t15-,22-/m1/s1. The number of aromatic nitrogens is 3. The number of pyridine rings is 1. The first-order chi connectivity index (χ1) is 15.5. The molecule has 0 spiro atoms. The summed E-state index contributed by atoms with van der Waals surface area (Å²) in [5.41, 5.74) is 0.0499. The first-order valence-corrected chi connectivity index (χ1v) is 11.0. The Balaban J connectivity index is 1.42. The van der Waals surface area contributed by atoms with Crippen molar-refractivity contribution in [2.45, 2.75) is 31.2 Å². The number of carbonyl (C=O) groups is 1. The van der Waals surface area contributed by atoms with Crippen LogP contribution in [0.3, 0.4) is 0 Å². The van der Waals surface area contributed by atoms with Gasteiger partial charge in [-0.2, -0.15) is 9.97 Å². The van der Waals surface area contributed by atoms with E-state index in [1.165, 1.54) is 14.2 Å². The van der Waals surface area contributed by atoms with Crippen LogP contribution in [0, 0.1) is 12.8 Å². The minimum absolute atomic E-state index is 0.111. The van der Waals surface area contributed by atoms with Crippen LogP contribution in [0.2, 0.25) is 0 Å². The number of carbonyl (C=O) groups excluding carboxylic acids is 1. The lowest BCUT2D eigenvalue weighted by atomic mass is 9.81. The van der Waals surface area contributed by atoms with Crippen LogP contribution in [-0.2, 0) is 10.2 Å². The number of likely N-dealkylation sites (tertiary alicyclic amines) is 2. The summed E-state index contributed by atoms with van der Waals surface area (Å²) >= 11 is 0. The molecule has 2 atom stereocenters. The molecular weight excluding hydrogens is 414 g/mol. The highest BCUT2D eigenvalue weighted by Crippen LogP contribution is 2.46. The van der Waals surface area contributed by atoms with Gasteiger partial charge in [0, 0.05) is 57.4 Å². The van der Waals surface area contributed by atoms with Gasteiger partial charge < -0.3 is 23.6 Å². The molecule has 5 heterocycles. The number of hydrogen-bond acceptors (Lipinski definition) is 9. The predicted octanol–water partition coefficient (Wildman–Crippen LogP) is 1.29. The average Bonchev–Trinajstić information content (AvgIpc) is 3.51. The van der Waals surface area contributed by atoms with Gasteiger partial charge in [0.15, 0.2) is 5.82 Å². The summed E-state index contributed by atoms with van der Waals surface area (Å²) in [5, 5.41) is 4.06. The number of nitrogens with zero attached hydrogens (tertiary/aromatic N) is 5. The number of amides is 1. The number of ether oxygens (including phenoxy) is 3. The smallest absolute Gasteiger partial charge is 0.259 e. The molecular formula is C22H29N5O5. The summed E-state index contributed by atoms with van der Waals surface area (Å²) < 4.78 is 21.8. The molecule has 3 aliphatic rings. The zero-order valence-electron chi connectivity index (χ0n) is 18.7. The fourth-order valence-corrected chi connectivity index (χ4v) is 5.41. The zero-order chi connectivity index (χ0) is 22.3. The molecule has 0 saturated carbocycles. The van der Waals surface area contributed by atoms with Crippen LogP contribution in [0.4, 0.5) is 0 Å². The van der Waals surface area contributed by atoms with E-state index in [9.17, 15) is 4.79 Å². The Morgan fingerprint density at radius 3 is 2.62 bits per heavy atom. The van der Waals surface area contributed by atoms with Crippen LogP contribution >= 0.6 is 0 Å². The minimum Gasteiger partial charge on any atom is -0.481 e. The number of hydrogen-bond donors (Lipinski definition) is 0. The third-order valence-electron chi connectivity index (χ3n) is 7.05. The Kier molecular flexibility index (Phi) is 5.50. The molecule has 0 N–H and O–H groups in total. The van der Waals surface area contributed by atoms with Gasteiger partial charge in [0.25, 0.3) is 5.91 Å². The van der Waals surface area contributed by atoms with Gasteiger partial charge in [-0.3, -0.25) is 9.69 Å². The molecule has 3 fully saturated rings. The highest BCUT2D eigenvalue weighted by molar-refractivity contribution is 5.96. The van der Waals surface area contributed by atoms with E-state index < -0.39 is 0 Å². The Morgan fingerprint density at radius 1 is 1.12 bits per heavy atom. The van der Waals surface area contributed by atoms with Gasteiger partial charge in [-0.25, -0.2) is 0 Å². The molecule has 2 aromatic rings. The summed E-state index contributed by atoms with van der Waals surface area (Å²) in [6.07, 6.45) is 2.06. The third-order valence-corrected chi connectivity index (χ3v) is 7.05. The summed E-state index contributed by atoms with van der Waals surface area (Å²) in [6, 6.07) is 3.88. The molecule has 1 amide bonds. The third kappa shape index (κ3) is 3.51. The molecule has 172 valence electrons. The van der Waals surface area contributed by atoms with Gasteiger partial charge in [-0.15, -0.1) is 0 Å². The van der Waals surface area contributed by atoms with Crippen molar-refractivity contribution in [3.05, 3.63) is 29.4 Å². The molecule has 10 nitrogen and oxygen atoms in total. The van der Waals surface area contributed by atoms with Crippen LogP contribution < -0.4 is 9.47 Å². The maximum Gasteiger partial charge on any atom is 0.259 e. The molecule has 5 rings (SSSR count). The first-order valence-electron chi connectivity index (χ1n) is 11.0. The Bertz CT molecular complexity index is 991. The van der Waals surface area contributed by atoms with Crippen LogP contribution in [0.25, 0.3) is 0 Å². The van der Waals surface area contributed by atoms with E-state index in [1.807, 2.05) is 11.8 Å². The number of rotatable bonds is 5. The maximum atomic E-state index is 13.5. The van der Waals surface area contributed by atoms with E-state index in [-0.39, 0.29) is 23.1 Å². The average molecular weight is 444 g/mol. The first kappa shape index (κ1) is 21.1. The van der Waals surface area contributed by atoms with E-state index in [4.69, 9.17) is 18.7 Å². The van der Waals surface area contributed by atoms with Crippen molar-refractivity contribution in [2.24, 2.45) is 5.92 Å². The number of methoxy groups -OCH3 is 2. The lowest BCUT2D eigenvalue weighted by Gasteiger charge is -2.33. The van der Waals surface area contributed by atoms with Gasteiger partial charge in [-0.1, -0.05) is 5.16 Å². The zero-order valence-corrected chi connectivity index (χ0v) is 18.7. The van der Waals surface area contributed by atoms with Crippen LogP contribution in [0.1, 0.15) is 34.9 Å². The van der Waals surface area contributed by atoms with E-state index in [0.717, 1.165) is 39.1 Å². The van der Waals surface area contributed by atoms with Crippen LogP contribution in [0.15, 0.2) is 16.7 Å². The van der Waals surface area contributed by atoms with Crippen molar-refractivity contribution >= 4 is 5.91 Å². The molecule has 0 radical (unpaired) electrons. The van der Waals surface area contributed by atoms with Crippen molar-refractivity contribution in [3.63, 3.8) is 0 Å². The van der Waals surface area contributed by atoms with E-state index in [2.05, 4.69) is 20.0 Å².